The summed E-state index contributed by atoms with van der Waals surface area (Å²) in [4.78, 5) is 21.0. The van der Waals surface area contributed by atoms with Crippen molar-refractivity contribution in [3.05, 3.63) is 33.9 Å². The molecule has 1 N–H and O–H groups in total. The van der Waals surface area contributed by atoms with Gasteiger partial charge < -0.3 is 5.32 Å². The lowest BCUT2D eigenvalue weighted by molar-refractivity contribution is -0.384. The van der Waals surface area contributed by atoms with Crippen molar-refractivity contribution in [1.82, 2.24) is 0 Å². The van der Waals surface area contributed by atoms with Gasteiger partial charge in [-0.2, -0.15) is 0 Å². The normalized spacial score (nSPS) is 10.1. The number of carbonyl (C=O) groups excluding carboxylic acids is 1. The maximum Gasteiger partial charge on any atom is 0.293 e. The summed E-state index contributed by atoms with van der Waals surface area (Å²) in [7, 11) is 0. The van der Waals surface area contributed by atoms with Crippen LogP contribution in [0.2, 0.25) is 0 Å². The Morgan fingerprint density at radius 2 is 2.11 bits per heavy atom. The van der Waals surface area contributed by atoms with Crippen LogP contribution in [0.5, 0.6) is 0 Å². The topological polar surface area (TPSA) is 72.2 Å². The Hall–Kier alpha value is -1.91. The summed E-state index contributed by atoms with van der Waals surface area (Å²) >= 11 is 0. The molecule has 5 heteroatoms. The molecule has 0 spiro atoms. The maximum atomic E-state index is 10.9. The molecular formula is C13H18N2O3. The molecule has 0 aliphatic rings. The van der Waals surface area contributed by atoms with E-state index in [1.54, 1.807) is 12.1 Å². The minimum Gasteiger partial charge on any atom is -0.379 e. The van der Waals surface area contributed by atoms with Crippen molar-refractivity contribution < 1.29 is 9.72 Å². The molecule has 0 radical (unpaired) electrons. The summed E-state index contributed by atoms with van der Waals surface area (Å²) in [6.45, 7) is 2.84. The molecule has 0 aromatic heterocycles. The van der Waals surface area contributed by atoms with Crippen LogP contribution in [0.1, 0.15) is 43.0 Å². The largest absolute Gasteiger partial charge is 0.379 e. The molecule has 0 heterocycles. The zero-order chi connectivity index (χ0) is 13.4. The fourth-order valence-corrected chi connectivity index (χ4v) is 1.70. The van der Waals surface area contributed by atoms with Gasteiger partial charge in [-0.1, -0.05) is 26.2 Å². The van der Waals surface area contributed by atoms with Crippen LogP contribution in [0.3, 0.4) is 0 Å². The average molecular weight is 250 g/mol. The summed E-state index contributed by atoms with van der Waals surface area (Å²) in [6.07, 6.45) is 5.05. The molecular weight excluding hydrogens is 232 g/mol. The smallest absolute Gasteiger partial charge is 0.293 e. The lowest BCUT2D eigenvalue weighted by Crippen LogP contribution is -2.04. The summed E-state index contributed by atoms with van der Waals surface area (Å²) in [5.41, 5.74) is 0.746. The third kappa shape index (κ3) is 4.16. The van der Waals surface area contributed by atoms with Crippen LogP contribution in [-0.2, 0) is 0 Å². The molecule has 98 valence electrons. The van der Waals surface area contributed by atoms with Crippen LogP contribution in [0, 0.1) is 10.1 Å². The van der Waals surface area contributed by atoms with Crippen LogP contribution in [0.4, 0.5) is 11.4 Å². The number of hydrogen-bond acceptors (Lipinski definition) is 4. The van der Waals surface area contributed by atoms with Gasteiger partial charge in [0.05, 0.1) is 4.92 Å². The van der Waals surface area contributed by atoms with E-state index < -0.39 is 4.92 Å². The van der Waals surface area contributed by atoms with Crippen LogP contribution in [-0.4, -0.2) is 17.8 Å². The minimum absolute atomic E-state index is 0.0462. The monoisotopic (exact) mass is 250 g/mol. The molecule has 0 fully saturated rings. The molecule has 1 aromatic carbocycles. The molecule has 5 nitrogen and oxygen atoms in total. The van der Waals surface area contributed by atoms with Crippen LogP contribution < -0.4 is 5.32 Å². The highest BCUT2D eigenvalue weighted by atomic mass is 16.6. The van der Waals surface area contributed by atoms with Crippen molar-refractivity contribution in [1.29, 1.82) is 0 Å². The van der Waals surface area contributed by atoms with E-state index in [0.29, 0.717) is 24.1 Å². The second-order valence-corrected chi connectivity index (χ2v) is 4.14. The molecule has 1 aromatic rings. The van der Waals surface area contributed by atoms with Gasteiger partial charge in [0.15, 0.2) is 0 Å². The van der Waals surface area contributed by atoms with Crippen molar-refractivity contribution in [2.45, 2.75) is 32.6 Å². The van der Waals surface area contributed by atoms with E-state index in [0.717, 1.165) is 19.3 Å². The first-order chi connectivity index (χ1) is 8.69. The van der Waals surface area contributed by atoms with Gasteiger partial charge in [-0.25, -0.2) is 0 Å². The molecule has 0 saturated carbocycles. The fraction of sp³-hybridized carbons (Fsp3) is 0.462. The van der Waals surface area contributed by atoms with Crippen molar-refractivity contribution in [2.24, 2.45) is 0 Å². The Bertz CT molecular complexity index is 419. The standard InChI is InChI=1S/C13H18N2O3/c1-2-3-4-5-8-14-12-7-6-11(10-16)9-13(12)15(17)18/h6-7,9-10,14H,2-5,8H2,1H3. The molecule has 0 saturated heterocycles. The molecule has 0 unspecified atom stereocenters. The van der Waals surface area contributed by atoms with E-state index in [4.69, 9.17) is 0 Å². The number of nitro benzene ring substituents is 1. The molecule has 0 aliphatic carbocycles. The highest BCUT2D eigenvalue weighted by Gasteiger charge is 2.13. The lowest BCUT2D eigenvalue weighted by Gasteiger charge is -2.07. The van der Waals surface area contributed by atoms with Gasteiger partial charge in [0.2, 0.25) is 0 Å². The highest BCUT2D eigenvalue weighted by Crippen LogP contribution is 2.25. The Morgan fingerprint density at radius 1 is 1.33 bits per heavy atom. The number of nitrogens with one attached hydrogen (secondary N) is 1. The zero-order valence-electron chi connectivity index (χ0n) is 10.5. The maximum absolute atomic E-state index is 10.9. The number of aldehydes is 1. The van der Waals surface area contributed by atoms with Crippen molar-refractivity contribution >= 4 is 17.7 Å². The van der Waals surface area contributed by atoms with Gasteiger partial charge in [-0.3, -0.25) is 14.9 Å². The second kappa shape index (κ2) is 7.42. The van der Waals surface area contributed by atoms with E-state index in [2.05, 4.69) is 12.2 Å². The predicted molar refractivity (Wildman–Crippen MR) is 71.1 cm³/mol. The highest BCUT2D eigenvalue weighted by molar-refractivity contribution is 5.79. The SMILES string of the molecule is CCCCCCNc1ccc(C=O)cc1[N+](=O)[O-]. The number of carbonyl (C=O) groups is 1. The van der Waals surface area contributed by atoms with Crippen molar-refractivity contribution in [3.8, 4) is 0 Å². The van der Waals surface area contributed by atoms with Crippen LogP contribution in [0.15, 0.2) is 18.2 Å². The Balaban J connectivity index is 2.64. The van der Waals surface area contributed by atoms with Gasteiger partial charge in [0.25, 0.3) is 5.69 Å². The Morgan fingerprint density at radius 3 is 2.72 bits per heavy atom. The molecule has 0 amide bonds. The van der Waals surface area contributed by atoms with Crippen molar-refractivity contribution in [3.63, 3.8) is 0 Å². The summed E-state index contributed by atoms with van der Waals surface area (Å²) in [5.74, 6) is 0. The number of rotatable bonds is 8. The third-order valence-electron chi connectivity index (χ3n) is 2.70. The molecule has 18 heavy (non-hydrogen) atoms. The number of benzene rings is 1. The van der Waals surface area contributed by atoms with E-state index in [9.17, 15) is 14.9 Å². The average Bonchev–Trinajstić information content (AvgIpc) is 2.38. The van der Waals surface area contributed by atoms with Gasteiger partial charge in [-0.05, 0) is 18.6 Å². The number of hydrogen-bond donors (Lipinski definition) is 1. The van der Waals surface area contributed by atoms with E-state index in [-0.39, 0.29) is 5.69 Å². The van der Waals surface area contributed by atoms with Crippen molar-refractivity contribution in [2.75, 3.05) is 11.9 Å². The lowest BCUT2D eigenvalue weighted by atomic mass is 10.1. The van der Waals surface area contributed by atoms with Gasteiger partial charge in [0.1, 0.15) is 12.0 Å². The van der Waals surface area contributed by atoms with Crippen LogP contribution in [0.25, 0.3) is 0 Å². The first-order valence-corrected chi connectivity index (χ1v) is 6.16. The van der Waals surface area contributed by atoms with Crippen LogP contribution >= 0.6 is 0 Å². The zero-order valence-corrected chi connectivity index (χ0v) is 10.5. The second-order valence-electron chi connectivity index (χ2n) is 4.14. The number of unbranched alkanes of at least 4 members (excludes halogenated alkanes) is 3. The van der Waals surface area contributed by atoms with Gasteiger partial charge in [-0.15, -0.1) is 0 Å². The number of anilines is 1. The molecule has 1 rings (SSSR count). The predicted octanol–water partition coefficient (Wildman–Crippen LogP) is 3.40. The van der Waals surface area contributed by atoms with E-state index in [1.165, 1.54) is 12.5 Å². The molecule has 0 atom stereocenters. The Kier molecular flexibility index (Phi) is 5.84. The van der Waals surface area contributed by atoms with E-state index >= 15 is 0 Å². The summed E-state index contributed by atoms with van der Waals surface area (Å²) in [6, 6.07) is 4.46. The summed E-state index contributed by atoms with van der Waals surface area (Å²) in [5, 5.41) is 13.9. The van der Waals surface area contributed by atoms with Gasteiger partial charge >= 0.3 is 0 Å². The molecule has 0 bridgehead atoms. The number of nitro groups is 1. The number of nitrogens with zero attached hydrogens (tertiary/aromatic N) is 1. The Labute approximate surface area is 106 Å². The quantitative estimate of drug-likeness (QED) is 0.332. The minimum atomic E-state index is -0.471. The van der Waals surface area contributed by atoms with Gasteiger partial charge in [0, 0.05) is 18.2 Å². The molecule has 0 aliphatic heterocycles. The first-order valence-electron chi connectivity index (χ1n) is 6.16. The first kappa shape index (κ1) is 14.2. The third-order valence-corrected chi connectivity index (χ3v) is 2.70. The summed E-state index contributed by atoms with van der Waals surface area (Å²) < 4.78 is 0. The van der Waals surface area contributed by atoms with E-state index in [1.807, 2.05) is 0 Å². The fourth-order valence-electron chi connectivity index (χ4n) is 1.70.